The molecule has 1 fully saturated rings. The fourth-order valence-electron chi connectivity index (χ4n) is 1.68. The number of nitrogens with zero attached hydrogens (tertiary/aromatic N) is 1. The summed E-state index contributed by atoms with van der Waals surface area (Å²) < 4.78 is 18.3. The van der Waals surface area contributed by atoms with Gasteiger partial charge in [0.1, 0.15) is 6.17 Å². The van der Waals surface area contributed by atoms with Crippen molar-refractivity contribution in [2.45, 2.75) is 25.1 Å². The van der Waals surface area contributed by atoms with Crippen molar-refractivity contribution in [3.8, 4) is 0 Å². The van der Waals surface area contributed by atoms with Crippen LogP contribution in [-0.4, -0.2) is 49.8 Å². The Balaban J connectivity index is 2.27. The number of ether oxygens (including phenoxy) is 1. The van der Waals surface area contributed by atoms with E-state index in [0.717, 1.165) is 6.54 Å². The molecular weight excluding hydrogens is 187 g/mol. The summed E-state index contributed by atoms with van der Waals surface area (Å²) in [6.45, 7) is 1.66. The molecule has 1 aliphatic heterocycles. The maximum absolute atomic E-state index is 13.3. The second-order valence-corrected chi connectivity index (χ2v) is 3.60. The van der Waals surface area contributed by atoms with Gasteiger partial charge in [-0.25, -0.2) is 4.39 Å². The van der Waals surface area contributed by atoms with Crippen molar-refractivity contribution >= 4 is 5.91 Å². The molecule has 2 unspecified atom stereocenters. The van der Waals surface area contributed by atoms with E-state index in [1.807, 2.05) is 4.90 Å². The lowest BCUT2D eigenvalue weighted by molar-refractivity contribution is -0.118. The minimum Gasteiger partial charge on any atom is -0.378 e. The number of amides is 1. The Morgan fingerprint density at radius 2 is 2.43 bits per heavy atom. The van der Waals surface area contributed by atoms with E-state index in [2.05, 4.69) is 0 Å². The second-order valence-electron chi connectivity index (χ2n) is 3.60. The molecule has 82 valence electrons. The van der Waals surface area contributed by atoms with Gasteiger partial charge in [-0.3, -0.25) is 9.69 Å². The number of rotatable bonds is 4. The van der Waals surface area contributed by atoms with E-state index in [1.54, 1.807) is 0 Å². The van der Waals surface area contributed by atoms with Gasteiger partial charge < -0.3 is 10.5 Å². The van der Waals surface area contributed by atoms with Crippen LogP contribution >= 0.6 is 0 Å². The highest BCUT2D eigenvalue weighted by Gasteiger charge is 2.28. The molecule has 14 heavy (non-hydrogen) atoms. The van der Waals surface area contributed by atoms with Gasteiger partial charge in [0.25, 0.3) is 0 Å². The first-order chi connectivity index (χ1) is 6.63. The Kier molecular flexibility index (Phi) is 4.28. The Morgan fingerprint density at radius 3 is 2.93 bits per heavy atom. The van der Waals surface area contributed by atoms with Crippen molar-refractivity contribution in [2.24, 2.45) is 5.73 Å². The van der Waals surface area contributed by atoms with Crippen molar-refractivity contribution in [3.05, 3.63) is 0 Å². The van der Waals surface area contributed by atoms with Crippen LogP contribution in [0.5, 0.6) is 0 Å². The topological polar surface area (TPSA) is 55.6 Å². The van der Waals surface area contributed by atoms with Gasteiger partial charge in [-0.15, -0.1) is 0 Å². The van der Waals surface area contributed by atoms with Crippen LogP contribution in [0.3, 0.4) is 0 Å². The maximum atomic E-state index is 13.3. The molecule has 4 nitrogen and oxygen atoms in total. The summed E-state index contributed by atoms with van der Waals surface area (Å²) >= 11 is 0. The highest BCUT2D eigenvalue weighted by atomic mass is 19.1. The lowest BCUT2D eigenvalue weighted by atomic mass is 10.1. The van der Waals surface area contributed by atoms with E-state index in [0.29, 0.717) is 25.9 Å². The zero-order valence-corrected chi connectivity index (χ0v) is 8.41. The maximum Gasteiger partial charge on any atom is 0.218 e. The highest BCUT2D eigenvalue weighted by Crippen LogP contribution is 2.16. The van der Waals surface area contributed by atoms with E-state index in [1.165, 1.54) is 7.11 Å². The molecule has 0 radical (unpaired) electrons. The normalized spacial score (nSPS) is 29.0. The molecule has 1 heterocycles. The average molecular weight is 204 g/mol. The Bertz CT molecular complexity index is 201. The second kappa shape index (κ2) is 5.26. The zero-order valence-electron chi connectivity index (χ0n) is 8.41. The Morgan fingerprint density at radius 1 is 1.71 bits per heavy atom. The molecule has 2 N–H and O–H groups in total. The number of alkyl halides is 1. The standard InChI is InChI=1S/C9H17FN2O2/c1-14-8-2-4-12(6-7(8)10)5-3-9(11)13/h7-8H,2-6H2,1H3,(H2,11,13). The van der Waals surface area contributed by atoms with Gasteiger partial charge in [0, 0.05) is 33.2 Å². The first-order valence-electron chi connectivity index (χ1n) is 4.81. The van der Waals surface area contributed by atoms with Crippen LogP contribution in [0.1, 0.15) is 12.8 Å². The van der Waals surface area contributed by atoms with E-state index in [-0.39, 0.29) is 12.0 Å². The molecule has 0 aliphatic carbocycles. The van der Waals surface area contributed by atoms with Gasteiger partial charge in [0.15, 0.2) is 0 Å². The number of carbonyl (C=O) groups excluding carboxylic acids is 1. The van der Waals surface area contributed by atoms with Crippen LogP contribution in [-0.2, 0) is 9.53 Å². The van der Waals surface area contributed by atoms with E-state index < -0.39 is 6.17 Å². The Labute approximate surface area is 83.2 Å². The van der Waals surface area contributed by atoms with Gasteiger partial charge in [-0.2, -0.15) is 0 Å². The molecule has 0 aromatic heterocycles. The first kappa shape index (κ1) is 11.4. The fraction of sp³-hybridized carbons (Fsp3) is 0.889. The van der Waals surface area contributed by atoms with Gasteiger partial charge in [-0.1, -0.05) is 0 Å². The number of carbonyl (C=O) groups is 1. The summed E-state index contributed by atoms with van der Waals surface area (Å²) in [6.07, 6.45) is -0.276. The molecule has 0 aromatic rings. The third kappa shape index (κ3) is 3.23. The molecular formula is C9H17FN2O2. The minimum absolute atomic E-state index is 0.292. The highest BCUT2D eigenvalue weighted by molar-refractivity contribution is 5.73. The third-order valence-electron chi connectivity index (χ3n) is 2.54. The molecule has 2 atom stereocenters. The summed E-state index contributed by atoms with van der Waals surface area (Å²) in [5.41, 5.74) is 5.01. The van der Waals surface area contributed by atoms with Gasteiger partial charge >= 0.3 is 0 Å². The number of methoxy groups -OCH3 is 1. The number of hydrogen-bond acceptors (Lipinski definition) is 3. The molecule has 1 saturated heterocycles. The molecule has 1 aliphatic rings. The largest absolute Gasteiger partial charge is 0.378 e. The summed E-state index contributed by atoms with van der Waals surface area (Å²) in [7, 11) is 1.52. The van der Waals surface area contributed by atoms with Gasteiger partial charge in [-0.05, 0) is 6.42 Å². The summed E-state index contributed by atoms with van der Waals surface area (Å²) in [6, 6.07) is 0. The molecule has 5 heteroatoms. The van der Waals surface area contributed by atoms with Gasteiger partial charge in [0.05, 0.1) is 6.10 Å². The van der Waals surface area contributed by atoms with Gasteiger partial charge in [0.2, 0.25) is 5.91 Å². The lowest BCUT2D eigenvalue weighted by Crippen LogP contribution is -2.46. The SMILES string of the molecule is COC1CCN(CCC(N)=O)CC1F. The lowest BCUT2D eigenvalue weighted by Gasteiger charge is -2.33. The Hall–Kier alpha value is -0.680. The van der Waals surface area contributed by atoms with E-state index >= 15 is 0 Å². The van der Waals surface area contributed by atoms with Crippen molar-refractivity contribution in [1.29, 1.82) is 0 Å². The number of halogens is 1. The number of piperidine rings is 1. The van der Waals surface area contributed by atoms with Crippen LogP contribution in [0.25, 0.3) is 0 Å². The summed E-state index contributed by atoms with van der Waals surface area (Å²) in [5, 5.41) is 0. The monoisotopic (exact) mass is 204 g/mol. The summed E-state index contributed by atoms with van der Waals surface area (Å²) in [5.74, 6) is -0.339. The van der Waals surface area contributed by atoms with Crippen molar-refractivity contribution in [1.82, 2.24) is 4.90 Å². The molecule has 1 amide bonds. The number of primary amides is 1. The number of likely N-dealkylation sites (tertiary alicyclic amines) is 1. The van der Waals surface area contributed by atoms with Crippen molar-refractivity contribution < 1.29 is 13.9 Å². The zero-order chi connectivity index (χ0) is 10.6. The van der Waals surface area contributed by atoms with Crippen molar-refractivity contribution in [2.75, 3.05) is 26.7 Å². The molecule has 0 spiro atoms. The molecule has 0 saturated carbocycles. The summed E-state index contributed by atoms with van der Waals surface area (Å²) in [4.78, 5) is 12.4. The van der Waals surface area contributed by atoms with E-state index in [9.17, 15) is 9.18 Å². The first-order valence-corrected chi connectivity index (χ1v) is 4.81. The number of nitrogens with two attached hydrogens (primary N) is 1. The van der Waals surface area contributed by atoms with Crippen LogP contribution in [0.15, 0.2) is 0 Å². The predicted octanol–water partition coefficient (Wildman–Crippen LogP) is -0.0794. The third-order valence-corrected chi connectivity index (χ3v) is 2.54. The molecule has 0 bridgehead atoms. The molecule has 1 rings (SSSR count). The van der Waals surface area contributed by atoms with Crippen LogP contribution in [0, 0.1) is 0 Å². The van der Waals surface area contributed by atoms with Crippen LogP contribution < -0.4 is 5.73 Å². The van der Waals surface area contributed by atoms with Crippen LogP contribution in [0.2, 0.25) is 0 Å². The molecule has 0 aromatic carbocycles. The van der Waals surface area contributed by atoms with Crippen molar-refractivity contribution in [3.63, 3.8) is 0 Å². The van der Waals surface area contributed by atoms with E-state index in [4.69, 9.17) is 10.5 Å². The quantitative estimate of drug-likeness (QED) is 0.697. The smallest absolute Gasteiger partial charge is 0.218 e. The fourth-order valence-corrected chi connectivity index (χ4v) is 1.68. The minimum atomic E-state index is -0.957. The predicted molar refractivity (Wildman–Crippen MR) is 50.6 cm³/mol. The number of hydrogen-bond donors (Lipinski definition) is 1. The average Bonchev–Trinajstić information content (AvgIpc) is 2.15. The van der Waals surface area contributed by atoms with Crippen LogP contribution in [0.4, 0.5) is 4.39 Å².